The van der Waals surface area contributed by atoms with Gasteiger partial charge in [-0.15, -0.1) is 11.3 Å². The first-order chi connectivity index (χ1) is 8.03. The largest absolute Gasteiger partial charge is 0.340 e. The number of halogens is 1. The minimum absolute atomic E-state index is 0.374. The van der Waals surface area contributed by atoms with Crippen molar-refractivity contribution in [2.24, 2.45) is 5.73 Å². The van der Waals surface area contributed by atoms with E-state index in [2.05, 4.69) is 38.9 Å². The van der Waals surface area contributed by atoms with Gasteiger partial charge in [-0.05, 0) is 41.4 Å². The quantitative estimate of drug-likeness (QED) is 0.900. The lowest BCUT2D eigenvalue weighted by molar-refractivity contribution is 0.423. The van der Waals surface area contributed by atoms with Crippen molar-refractivity contribution < 1.29 is 0 Å². The van der Waals surface area contributed by atoms with Gasteiger partial charge in [0, 0.05) is 0 Å². The topological polar surface area (TPSA) is 54.7 Å². The molecule has 0 saturated carbocycles. The Morgan fingerprint density at radius 2 is 2.29 bits per heavy atom. The van der Waals surface area contributed by atoms with Gasteiger partial charge in [-0.1, -0.05) is 13.3 Å². The van der Waals surface area contributed by atoms with Crippen molar-refractivity contribution in [2.45, 2.75) is 32.2 Å². The molecule has 2 aromatic rings. The van der Waals surface area contributed by atoms with E-state index in [4.69, 9.17) is 5.73 Å². The van der Waals surface area contributed by atoms with E-state index in [0.29, 0.717) is 0 Å². The molecule has 2 aromatic heterocycles. The maximum Gasteiger partial charge on any atom is 0.126 e. The Balaban J connectivity index is 2.27. The molecule has 3 N–H and O–H groups in total. The summed E-state index contributed by atoms with van der Waals surface area (Å²) in [5, 5.41) is 0. The van der Waals surface area contributed by atoms with Gasteiger partial charge in [0.15, 0.2) is 0 Å². The first-order valence-electron chi connectivity index (χ1n) is 5.63. The molecule has 2 rings (SSSR count). The van der Waals surface area contributed by atoms with Crippen LogP contribution in [0.25, 0.3) is 10.6 Å². The molecule has 0 aliphatic rings. The molecule has 92 valence electrons. The van der Waals surface area contributed by atoms with E-state index in [9.17, 15) is 0 Å². The van der Waals surface area contributed by atoms with E-state index >= 15 is 0 Å². The molecule has 0 aromatic carbocycles. The van der Waals surface area contributed by atoms with E-state index < -0.39 is 0 Å². The fourth-order valence-electron chi connectivity index (χ4n) is 1.83. The Morgan fingerprint density at radius 1 is 1.53 bits per heavy atom. The van der Waals surface area contributed by atoms with Gasteiger partial charge in [0.1, 0.15) is 5.82 Å². The normalized spacial score (nSPS) is 14.8. The minimum Gasteiger partial charge on any atom is -0.340 e. The van der Waals surface area contributed by atoms with E-state index in [1.807, 2.05) is 19.2 Å². The predicted octanol–water partition coefficient (Wildman–Crippen LogP) is 3.87. The molecule has 0 spiro atoms. The molecule has 5 heteroatoms. The molecule has 0 saturated heterocycles. The van der Waals surface area contributed by atoms with Crippen LogP contribution in [0.3, 0.4) is 0 Å². The fourth-order valence-corrected chi connectivity index (χ4v) is 3.18. The van der Waals surface area contributed by atoms with Gasteiger partial charge in [-0.25, -0.2) is 4.98 Å². The smallest absolute Gasteiger partial charge is 0.126 e. The van der Waals surface area contributed by atoms with Gasteiger partial charge < -0.3 is 10.7 Å². The summed E-state index contributed by atoms with van der Waals surface area (Å²) in [4.78, 5) is 8.89. The number of aromatic amines is 1. The number of hydrogen-bond acceptors (Lipinski definition) is 3. The molecule has 0 aliphatic carbocycles. The van der Waals surface area contributed by atoms with Crippen molar-refractivity contribution in [3.05, 3.63) is 27.9 Å². The van der Waals surface area contributed by atoms with E-state index in [0.717, 1.165) is 28.1 Å². The molecule has 3 nitrogen and oxygen atoms in total. The first-order valence-corrected chi connectivity index (χ1v) is 7.24. The number of thiophene rings is 1. The average molecular weight is 314 g/mol. The molecule has 17 heavy (non-hydrogen) atoms. The summed E-state index contributed by atoms with van der Waals surface area (Å²) in [6.45, 7) is 4.15. The highest BCUT2D eigenvalue weighted by Gasteiger charge is 2.23. The van der Waals surface area contributed by atoms with Crippen LogP contribution in [-0.2, 0) is 5.54 Å². The SMILES string of the molecule is CCCC(C)(N)c1ncc(-c2ccc(Br)s2)[nH]1. The number of rotatable bonds is 4. The van der Waals surface area contributed by atoms with Gasteiger partial charge in [0.2, 0.25) is 0 Å². The van der Waals surface area contributed by atoms with Crippen LogP contribution in [0.2, 0.25) is 0 Å². The Hall–Kier alpha value is -0.650. The van der Waals surface area contributed by atoms with Crippen LogP contribution in [0.4, 0.5) is 0 Å². The minimum atomic E-state index is -0.374. The Morgan fingerprint density at radius 3 is 2.88 bits per heavy atom. The molecule has 0 fully saturated rings. The molecule has 1 atom stereocenters. The zero-order valence-corrected chi connectivity index (χ0v) is 12.4. The average Bonchev–Trinajstić information content (AvgIpc) is 2.85. The molecule has 0 amide bonds. The number of hydrogen-bond donors (Lipinski definition) is 2. The second-order valence-corrected chi connectivity index (χ2v) is 6.88. The third-order valence-electron chi connectivity index (χ3n) is 2.72. The maximum atomic E-state index is 6.25. The van der Waals surface area contributed by atoms with Gasteiger partial charge in [0.05, 0.1) is 26.1 Å². The summed E-state index contributed by atoms with van der Waals surface area (Å²) in [6.07, 6.45) is 3.83. The van der Waals surface area contributed by atoms with Crippen LogP contribution in [0, 0.1) is 0 Å². The van der Waals surface area contributed by atoms with Crippen LogP contribution in [0.5, 0.6) is 0 Å². The zero-order valence-electron chi connectivity index (χ0n) is 9.96. The second-order valence-electron chi connectivity index (χ2n) is 4.42. The van der Waals surface area contributed by atoms with Crippen molar-refractivity contribution in [1.29, 1.82) is 0 Å². The number of aromatic nitrogens is 2. The molecule has 2 heterocycles. The zero-order chi connectivity index (χ0) is 12.5. The van der Waals surface area contributed by atoms with Gasteiger partial charge in [0.25, 0.3) is 0 Å². The van der Waals surface area contributed by atoms with Crippen LogP contribution in [0.15, 0.2) is 22.1 Å². The van der Waals surface area contributed by atoms with E-state index in [1.54, 1.807) is 11.3 Å². The monoisotopic (exact) mass is 313 g/mol. The lowest BCUT2D eigenvalue weighted by Gasteiger charge is -2.20. The summed E-state index contributed by atoms with van der Waals surface area (Å²) >= 11 is 5.14. The van der Waals surface area contributed by atoms with Gasteiger partial charge in [-0.3, -0.25) is 0 Å². The fraction of sp³-hybridized carbons (Fsp3) is 0.417. The highest BCUT2D eigenvalue weighted by atomic mass is 79.9. The lowest BCUT2D eigenvalue weighted by atomic mass is 9.97. The first kappa shape index (κ1) is 12.8. The number of nitrogens with zero attached hydrogens (tertiary/aromatic N) is 1. The van der Waals surface area contributed by atoms with E-state index in [1.165, 1.54) is 4.88 Å². The highest BCUT2D eigenvalue weighted by molar-refractivity contribution is 9.11. The summed E-state index contributed by atoms with van der Waals surface area (Å²) in [5.74, 6) is 0.860. The summed E-state index contributed by atoms with van der Waals surface area (Å²) in [6, 6.07) is 4.11. The molecule has 0 aliphatic heterocycles. The molecule has 0 radical (unpaired) electrons. The van der Waals surface area contributed by atoms with E-state index in [-0.39, 0.29) is 5.54 Å². The van der Waals surface area contributed by atoms with Gasteiger partial charge in [-0.2, -0.15) is 0 Å². The third kappa shape index (κ3) is 2.78. The van der Waals surface area contributed by atoms with Crippen molar-refractivity contribution in [3.8, 4) is 10.6 Å². The predicted molar refractivity (Wildman–Crippen MR) is 76.0 cm³/mol. The Labute approximate surface area is 114 Å². The molecular formula is C12H16BrN3S. The molecule has 0 bridgehead atoms. The number of H-pyrrole nitrogens is 1. The van der Waals surface area contributed by atoms with Crippen molar-refractivity contribution in [3.63, 3.8) is 0 Å². The molecular weight excluding hydrogens is 298 g/mol. The Kier molecular flexibility index (Phi) is 3.70. The molecule has 1 unspecified atom stereocenters. The standard InChI is InChI=1S/C12H16BrN3S/c1-3-6-12(2,14)11-15-7-8(16-11)9-4-5-10(13)17-9/h4-5,7H,3,6,14H2,1-2H3,(H,15,16). The number of nitrogens with two attached hydrogens (primary N) is 1. The highest BCUT2D eigenvalue weighted by Crippen LogP contribution is 2.31. The second kappa shape index (κ2) is 4.92. The van der Waals surface area contributed by atoms with Crippen LogP contribution < -0.4 is 5.73 Å². The van der Waals surface area contributed by atoms with Crippen molar-refractivity contribution in [2.75, 3.05) is 0 Å². The van der Waals surface area contributed by atoms with Crippen molar-refractivity contribution in [1.82, 2.24) is 9.97 Å². The third-order valence-corrected chi connectivity index (χ3v) is 4.38. The number of imidazole rings is 1. The van der Waals surface area contributed by atoms with Crippen molar-refractivity contribution >= 4 is 27.3 Å². The summed E-state index contributed by atoms with van der Waals surface area (Å²) in [5.41, 5.74) is 6.90. The van der Waals surface area contributed by atoms with Crippen LogP contribution in [-0.4, -0.2) is 9.97 Å². The Bertz CT molecular complexity index is 501. The van der Waals surface area contributed by atoms with Crippen LogP contribution >= 0.6 is 27.3 Å². The summed E-state index contributed by atoms with van der Waals surface area (Å²) < 4.78 is 1.12. The van der Waals surface area contributed by atoms with Crippen LogP contribution in [0.1, 0.15) is 32.5 Å². The maximum absolute atomic E-state index is 6.25. The summed E-state index contributed by atoms with van der Waals surface area (Å²) in [7, 11) is 0. The number of nitrogens with one attached hydrogen (secondary N) is 1. The lowest BCUT2D eigenvalue weighted by Crippen LogP contribution is -2.34. The van der Waals surface area contributed by atoms with Gasteiger partial charge >= 0.3 is 0 Å².